The van der Waals surface area contributed by atoms with Gasteiger partial charge in [-0.05, 0) is 26.7 Å². The second kappa shape index (κ2) is 12.1. The molecule has 33 heavy (non-hydrogen) atoms. The minimum atomic E-state index is -1.59. The first-order valence-corrected chi connectivity index (χ1v) is 10.7. The molecule has 0 saturated carbocycles. The summed E-state index contributed by atoms with van der Waals surface area (Å²) in [6.07, 6.45) is -1.75. The number of aliphatic hydroxyl groups is 1. The van der Waals surface area contributed by atoms with Crippen molar-refractivity contribution in [1.82, 2.24) is 26.6 Å². The Bertz CT molecular complexity index is 786. The fraction of sp³-hybridized carbons (Fsp3) is 0.700. The van der Waals surface area contributed by atoms with E-state index in [-0.39, 0.29) is 0 Å². The minimum absolute atomic E-state index is 0.395. The molecule has 0 spiro atoms. The molecule has 5 amide bonds. The van der Waals surface area contributed by atoms with Crippen LogP contribution in [0, 0.1) is 5.92 Å². The zero-order valence-electron chi connectivity index (χ0n) is 19.3. The summed E-state index contributed by atoms with van der Waals surface area (Å²) in [5.74, 6) is -5.92. The van der Waals surface area contributed by atoms with Gasteiger partial charge in [0.15, 0.2) is 0 Å². The molecule has 1 saturated heterocycles. The smallest absolute Gasteiger partial charge is 0.305 e. The monoisotopic (exact) mass is 471 g/mol. The number of rotatable bonds is 5. The third-order valence-corrected chi connectivity index (χ3v) is 5.37. The maximum atomic E-state index is 12.9. The highest BCUT2D eigenvalue weighted by atomic mass is 16.4. The number of nitrogens with one attached hydrogen (secondary N) is 5. The molecular weight excluding hydrogens is 438 g/mol. The van der Waals surface area contributed by atoms with Crippen LogP contribution in [0.5, 0.6) is 0 Å². The Balaban J connectivity index is 3.41. The quantitative estimate of drug-likeness (QED) is 0.225. The fourth-order valence-electron chi connectivity index (χ4n) is 3.06. The van der Waals surface area contributed by atoms with Crippen LogP contribution in [0.1, 0.15) is 47.5 Å². The third kappa shape index (κ3) is 8.00. The van der Waals surface area contributed by atoms with Crippen molar-refractivity contribution in [2.24, 2.45) is 5.92 Å². The van der Waals surface area contributed by atoms with Crippen LogP contribution in [0.25, 0.3) is 0 Å². The number of carboxylic acids is 1. The molecule has 1 heterocycles. The van der Waals surface area contributed by atoms with E-state index < -0.39 is 84.2 Å². The van der Waals surface area contributed by atoms with Crippen molar-refractivity contribution in [1.29, 1.82) is 0 Å². The summed E-state index contributed by atoms with van der Waals surface area (Å²) in [6, 6.07) is -6.44. The van der Waals surface area contributed by atoms with E-state index in [2.05, 4.69) is 26.6 Å². The Morgan fingerprint density at radius 3 is 1.73 bits per heavy atom. The van der Waals surface area contributed by atoms with Crippen molar-refractivity contribution in [3.63, 3.8) is 0 Å². The van der Waals surface area contributed by atoms with Gasteiger partial charge in [-0.15, -0.1) is 0 Å². The molecule has 0 aromatic carbocycles. The van der Waals surface area contributed by atoms with E-state index in [1.165, 1.54) is 20.8 Å². The zero-order chi connectivity index (χ0) is 25.5. The van der Waals surface area contributed by atoms with Gasteiger partial charge in [-0.1, -0.05) is 20.3 Å². The van der Waals surface area contributed by atoms with Gasteiger partial charge in [0.1, 0.15) is 30.2 Å². The van der Waals surface area contributed by atoms with Crippen LogP contribution in [0.2, 0.25) is 0 Å². The first-order chi connectivity index (χ1) is 15.3. The molecule has 0 bridgehead atoms. The van der Waals surface area contributed by atoms with Gasteiger partial charge in [0.05, 0.1) is 12.5 Å². The lowest BCUT2D eigenvalue weighted by atomic mass is 9.97. The number of carbonyl (C=O) groups is 6. The summed E-state index contributed by atoms with van der Waals surface area (Å²) in [7, 11) is 0. The normalized spacial score (nSPS) is 29.8. The topological polar surface area (TPSA) is 203 Å². The Kier molecular flexibility index (Phi) is 10.2. The van der Waals surface area contributed by atoms with Crippen molar-refractivity contribution in [2.75, 3.05) is 0 Å². The fourth-order valence-corrected chi connectivity index (χ4v) is 3.06. The van der Waals surface area contributed by atoms with Crippen molar-refractivity contribution in [2.45, 2.75) is 83.8 Å². The van der Waals surface area contributed by atoms with Crippen LogP contribution < -0.4 is 26.6 Å². The summed E-state index contributed by atoms with van der Waals surface area (Å²) in [5, 5.41) is 31.0. The maximum absolute atomic E-state index is 12.9. The molecule has 1 aliphatic heterocycles. The Morgan fingerprint density at radius 1 is 0.788 bits per heavy atom. The van der Waals surface area contributed by atoms with Gasteiger partial charge in [0, 0.05) is 0 Å². The van der Waals surface area contributed by atoms with Crippen LogP contribution in [0.15, 0.2) is 0 Å². The van der Waals surface area contributed by atoms with Crippen molar-refractivity contribution >= 4 is 35.5 Å². The lowest BCUT2D eigenvalue weighted by molar-refractivity contribution is -0.142. The van der Waals surface area contributed by atoms with Crippen LogP contribution in [-0.2, 0) is 28.8 Å². The molecule has 0 aromatic heterocycles. The average molecular weight is 472 g/mol. The van der Waals surface area contributed by atoms with Gasteiger partial charge in [-0.25, -0.2) is 0 Å². The second-order valence-electron chi connectivity index (χ2n) is 8.22. The average Bonchev–Trinajstić information content (AvgIpc) is 2.72. The molecule has 0 radical (unpaired) electrons. The largest absolute Gasteiger partial charge is 0.481 e. The lowest BCUT2D eigenvalue weighted by Gasteiger charge is -2.27. The Labute approximate surface area is 191 Å². The van der Waals surface area contributed by atoms with E-state index in [9.17, 15) is 39.0 Å². The van der Waals surface area contributed by atoms with E-state index in [1.807, 2.05) is 0 Å². The first kappa shape index (κ1) is 27.8. The van der Waals surface area contributed by atoms with E-state index in [0.717, 1.165) is 0 Å². The number of hydrogen-bond acceptors (Lipinski definition) is 7. The Hall–Kier alpha value is -3.22. The molecule has 0 aromatic rings. The second-order valence-corrected chi connectivity index (χ2v) is 8.22. The highest BCUT2D eigenvalue weighted by Crippen LogP contribution is 2.10. The molecule has 1 rings (SSSR count). The minimum Gasteiger partial charge on any atom is -0.481 e. The number of carboxylic acid groups (broad SMARTS) is 1. The Morgan fingerprint density at radius 2 is 1.24 bits per heavy atom. The summed E-state index contributed by atoms with van der Waals surface area (Å²) in [4.78, 5) is 74.5. The predicted octanol–water partition coefficient (Wildman–Crippen LogP) is -2.63. The SMILES string of the molecule is CC[C@H](C)[C@H]1NC(=O)[C@H](C)NC(=O)[C@@H](C)NC(=O)[C@H]([C@@H](C)O)NC(=O)[C@@H](CC(=O)O)NC1=O. The molecule has 0 unspecified atom stereocenters. The first-order valence-electron chi connectivity index (χ1n) is 10.7. The standard InChI is InChI=1S/C20H33N5O8/c1-6-8(2)14-19(32)23-12(7-13(27)28)18(31)25-15(11(5)26)20(33)22-9(3)16(29)21-10(4)17(30)24-14/h8-12,14-15,26H,6-7H2,1-5H3,(H,21,29)(H,22,33)(H,23,32)(H,24,30)(H,25,31)(H,27,28)/t8-,9+,10-,11+,12+,14+,15-/m0/s1. The lowest BCUT2D eigenvalue weighted by Crippen LogP contribution is -2.60. The highest BCUT2D eigenvalue weighted by Gasteiger charge is 2.36. The van der Waals surface area contributed by atoms with Crippen LogP contribution in [0.4, 0.5) is 0 Å². The van der Waals surface area contributed by atoms with Gasteiger partial charge in [-0.2, -0.15) is 0 Å². The van der Waals surface area contributed by atoms with Crippen LogP contribution >= 0.6 is 0 Å². The van der Waals surface area contributed by atoms with Gasteiger partial charge in [0.2, 0.25) is 29.5 Å². The predicted molar refractivity (Wildman–Crippen MR) is 114 cm³/mol. The van der Waals surface area contributed by atoms with Gasteiger partial charge >= 0.3 is 5.97 Å². The number of amides is 5. The summed E-state index contributed by atoms with van der Waals surface area (Å²) in [5.41, 5.74) is 0. The molecule has 186 valence electrons. The van der Waals surface area contributed by atoms with Crippen molar-refractivity contribution in [3.8, 4) is 0 Å². The van der Waals surface area contributed by atoms with Gasteiger partial charge in [0.25, 0.3) is 0 Å². The molecule has 0 aliphatic carbocycles. The van der Waals surface area contributed by atoms with Gasteiger partial charge < -0.3 is 36.8 Å². The van der Waals surface area contributed by atoms with Crippen LogP contribution in [0.3, 0.4) is 0 Å². The molecule has 1 aliphatic rings. The van der Waals surface area contributed by atoms with E-state index in [4.69, 9.17) is 0 Å². The highest BCUT2D eigenvalue weighted by molar-refractivity contribution is 5.98. The van der Waals surface area contributed by atoms with Crippen LogP contribution in [-0.4, -0.2) is 82.0 Å². The van der Waals surface area contributed by atoms with E-state index in [0.29, 0.717) is 6.42 Å². The zero-order valence-corrected chi connectivity index (χ0v) is 19.3. The number of hydrogen-bond donors (Lipinski definition) is 7. The maximum Gasteiger partial charge on any atom is 0.305 e. The molecule has 7 N–H and O–H groups in total. The third-order valence-electron chi connectivity index (χ3n) is 5.37. The summed E-state index contributed by atoms with van der Waals surface area (Å²) >= 11 is 0. The van der Waals surface area contributed by atoms with Gasteiger partial charge in [-0.3, -0.25) is 28.8 Å². The number of aliphatic carboxylic acids is 1. The molecule has 13 nitrogen and oxygen atoms in total. The molecular formula is C20H33N5O8. The number of aliphatic hydroxyl groups excluding tert-OH is 1. The van der Waals surface area contributed by atoms with E-state index in [1.54, 1.807) is 13.8 Å². The van der Waals surface area contributed by atoms with Crippen molar-refractivity contribution in [3.05, 3.63) is 0 Å². The number of carbonyl (C=O) groups excluding carboxylic acids is 5. The van der Waals surface area contributed by atoms with E-state index >= 15 is 0 Å². The summed E-state index contributed by atoms with van der Waals surface area (Å²) in [6.45, 7) is 7.41. The van der Waals surface area contributed by atoms with Crippen molar-refractivity contribution < 1.29 is 39.0 Å². The summed E-state index contributed by atoms with van der Waals surface area (Å²) < 4.78 is 0. The molecule has 13 heteroatoms. The molecule has 1 fully saturated rings. The molecule has 7 atom stereocenters.